The van der Waals surface area contributed by atoms with Gasteiger partial charge in [0.1, 0.15) is 12.7 Å². The van der Waals surface area contributed by atoms with E-state index in [9.17, 15) is 28.9 Å². The number of carbonyl (C=O) groups is 3. The molecule has 0 aliphatic rings. The van der Waals surface area contributed by atoms with E-state index in [-0.39, 0.29) is 25.9 Å². The number of esters is 3. The van der Waals surface area contributed by atoms with Crippen LogP contribution in [0.3, 0.4) is 0 Å². The molecule has 0 saturated carbocycles. The van der Waals surface area contributed by atoms with E-state index in [0.29, 0.717) is 19.3 Å². The number of unbranched alkanes of at least 4 members (excludes halogenated alkanes) is 35. The smallest absolute Gasteiger partial charge is 0.462 e. The number of hydrogen-bond acceptors (Lipinski definition) is 10. The Bertz CT molecular complexity index is 1380. The van der Waals surface area contributed by atoms with E-state index in [1.165, 1.54) is 161 Å². The molecular weight excluding hydrogens is 952 g/mol. The second-order valence-corrected chi connectivity index (χ2v) is 22.3. The van der Waals surface area contributed by atoms with Gasteiger partial charge in [0.15, 0.2) is 6.10 Å². The van der Waals surface area contributed by atoms with Gasteiger partial charge in [-0.25, -0.2) is 4.57 Å². The summed E-state index contributed by atoms with van der Waals surface area (Å²) in [6.45, 7) is 4.61. The molecule has 3 atom stereocenters. The SMILES string of the molecule is CCC/C=C\C/C=C\CCCCCCCC(=O)OCC(COP(=O)(O)OCC(CO)OC(=O)CCCCCCCCCCCCCCCCC)OC(=O)CCCCCCCCCCC/C=C\CCCCCCCC. The number of allylic oxidation sites excluding steroid dienone is 6. The lowest BCUT2D eigenvalue weighted by molar-refractivity contribution is -0.161. The van der Waals surface area contributed by atoms with E-state index in [0.717, 1.165) is 83.5 Å². The number of ether oxygens (including phenoxy) is 3. The van der Waals surface area contributed by atoms with Gasteiger partial charge in [-0.2, -0.15) is 0 Å². The first kappa shape index (κ1) is 71.7. The van der Waals surface area contributed by atoms with Gasteiger partial charge in [0, 0.05) is 19.3 Å². The number of phosphoric ester groups is 1. The summed E-state index contributed by atoms with van der Waals surface area (Å²) in [6.07, 6.45) is 59.5. The van der Waals surface area contributed by atoms with E-state index in [2.05, 4.69) is 57.2 Å². The molecule has 0 spiro atoms. The zero-order valence-corrected chi connectivity index (χ0v) is 49.0. The van der Waals surface area contributed by atoms with Gasteiger partial charge in [0.25, 0.3) is 0 Å². The molecule has 74 heavy (non-hydrogen) atoms. The van der Waals surface area contributed by atoms with Gasteiger partial charge < -0.3 is 24.2 Å². The minimum Gasteiger partial charge on any atom is -0.462 e. The fourth-order valence-electron chi connectivity index (χ4n) is 8.80. The largest absolute Gasteiger partial charge is 0.472 e. The summed E-state index contributed by atoms with van der Waals surface area (Å²) in [7, 11) is -4.75. The molecule has 2 N–H and O–H groups in total. The highest BCUT2D eigenvalue weighted by Crippen LogP contribution is 2.43. The van der Waals surface area contributed by atoms with Crippen molar-refractivity contribution in [3.05, 3.63) is 36.5 Å². The third-order valence-electron chi connectivity index (χ3n) is 13.5. The van der Waals surface area contributed by atoms with Crippen molar-refractivity contribution in [2.75, 3.05) is 26.4 Å². The van der Waals surface area contributed by atoms with Crippen LogP contribution in [-0.2, 0) is 42.2 Å². The van der Waals surface area contributed by atoms with Crippen LogP contribution in [0.15, 0.2) is 36.5 Å². The van der Waals surface area contributed by atoms with Crippen LogP contribution < -0.4 is 0 Å². The molecule has 0 rings (SSSR count). The van der Waals surface area contributed by atoms with Gasteiger partial charge in [-0.05, 0) is 70.6 Å². The normalized spacial score (nSPS) is 13.5. The summed E-state index contributed by atoms with van der Waals surface area (Å²) in [5, 5.41) is 9.83. The van der Waals surface area contributed by atoms with Crippen molar-refractivity contribution in [2.24, 2.45) is 0 Å². The second kappa shape index (κ2) is 56.9. The minimum atomic E-state index is -4.75. The maximum Gasteiger partial charge on any atom is 0.472 e. The minimum absolute atomic E-state index is 0.166. The molecule has 0 saturated heterocycles. The molecule has 3 unspecified atom stereocenters. The molecule has 0 heterocycles. The second-order valence-electron chi connectivity index (χ2n) is 20.9. The topological polar surface area (TPSA) is 155 Å². The van der Waals surface area contributed by atoms with Crippen LogP contribution in [-0.4, -0.2) is 66.5 Å². The van der Waals surface area contributed by atoms with E-state index >= 15 is 0 Å². The lowest BCUT2D eigenvalue weighted by Crippen LogP contribution is -2.30. The maximum absolute atomic E-state index is 12.9. The van der Waals surface area contributed by atoms with Crippen LogP contribution in [0.5, 0.6) is 0 Å². The molecule has 0 aromatic heterocycles. The van der Waals surface area contributed by atoms with Gasteiger partial charge in [-0.1, -0.05) is 250 Å². The van der Waals surface area contributed by atoms with Crippen LogP contribution in [0.4, 0.5) is 0 Å². The number of aliphatic hydroxyl groups excluding tert-OH is 1. The first-order valence-corrected chi connectivity index (χ1v) is 32.4. The van der Waals surface area contributed by atoms with Crippen LogP contribution >= 0.6 is 7.82 Å². The first-order valence-electron chi connectivity index (χ1n) is 30.9. The van der Waals surface area contributed by atoms with E-state index in [4.69, 9.17) is 23.3 Å². The Balaban J connectivity index is 4.66. The average Bonchev–Trinajstić information content (AvgIpc) is 3.39. The van der Waals surface area contributed by atoms with Crippen LogP contribution in [0.1, 0.15) is 303 Å². The molecule has 0 radical (unpaired) electrons. The molecule has 0 aromatic carbocycles. The number of carbonyl (C=O) groups excluding carboxylic acids is 3. The van der Waals surface area contributed by atoms with Gasteiger partial charge in [-0.3, -0.25) is 23.4 Å². The molecule has 0 fully saturated rings. The van der Waals surface area contributed by atoms with Gasteiger partial charge in [0.2, 0.25) is 0 Å². The predicted molar refractivity (Wildman–Crippen MR) is 307 cm³/mol. The van der Waals surface area contributed by atoms with Crippen molar-refractivity contribution < 1.29 is 52.2 Å². The average molecular weight is 1070 g/mol. The van der Waals surface area contributed by atoms with Crippen LogP contribution in [0, 0.1) is 0 Å². The van der Waals surface area contributed by atoms with Gasteiger partial charge in [-0.15, -0.1) is 0 Å². The molecule has 0 aliphatic heterocycles. The number of aliphatic hydroxyl groups is 1. The summed E-state index contributed by atoms with van der Waals surface area (Å²) in [6, 6.07) is 0. The van der Waals surface area contributed by atoms with Gasteiger partial charge >= 0.3 is 25.7 Å². The van der Waals surface area contributed by atoms with Crippen LogP contribution in [0.25, 0.3) is 0 Å². The first-order chi connectivity index (χ1) is 36.2. The van der Waals surface area contributed by atoms with Gasteiger partial charge in [0.05, 0.1) is 19.8 Å². The predicted octanol–water partition coefficient (Wildman–Crippen LogP) is 18.4. The summed E-state index contributed by atoms with van der Waals surface area (Å²) >= 11 is 0. The molecule has 0 bridgehead atoms. The highest BCUT2D eigenvalue weighted by Gasteiger charge is 2.28. The third kappa shape index (κ3) is 54.5. The third-order valence-corrected chi connectivity index (χ3v) is 14.5. The van der Waals surface area contributed by atoms with Crippen molar-refractivity contribution in [1.29, 1.82) is 0 Å². The Kier molecular flexibility index (Phi) is 55.1. The zero-order chi connectivity index (χ0) is 54.1. The molecule has 0 aliphatic carbocycles. The Morgan fingerprint density at radius 2 is 0.689 bits per heavy atom. The molecule has 434 valence electrons. The summed E-state index contributed by atoms with van der Waals surface area (Å²) < 4.78 is 39.6. The van der Waals surface area contributed by atoms with Crippen molar-refractivity contribution in [3.8, 4) is 0 Å². The Labute approximate surface area is 454 Å². The molecule has 0 amide bonds. The van der Waals surface area contributed by atoms with E-state index < -0.39 is 57.8 Å². The monoisotopic (exact) mass is 1070 g/mol. The highest BCUT2D eigenvalue weighted by atomic mass is 31.2. The number of phosphoric acid groups is 1. The fourth-order valence-corrected chi connectivity index (χ4v) is 9.59. The lowest BCUT2D eigenvalue weighted by atomic mass is 10.0. The van der Waals surface area contributed by atoms with E-state index in [1.54, 1.807) is 0 Å². The Morgan fingerprint density at radius 1 is 0.378 bits per heavy atom. The van der Waals surface area contributed by atoms with Crippen molar-refractivity contribution >= 4 is 25.7 Å². The van der Waals surface area contributed by atoms with Crippen molar-refractivity contribution in [3.63, 3.8) is 0 Å². The summed E-state index contributed by atoms with van der Waals surface area (Å²) in [5.74, 6) is -1.46. The standard InChI is InChI=1S/C62H115O11P/c1-4-7-10-13-16-19-22-25-27-28-29-30-32-35-38-41-44-47-50-53-62(66)73-59(55-69-60(64)51-48-45-42-39-36-33-24-21-18-15-12-9-6-3)57-71-74(67,68)70-56-58(54-63)72-61(65)52-49-46-43-40-37-34-31-26-23-20-17-14-11-8-5-2/h12,15,21,24-25,27,58-59,63H,4-11,13-14,16-20,22-23,26,28-57H2,1-3H3,(H,67,68)/b15-12-,24-21-,27-25-. The van der Waals surface area contributed by atoms with E-state index in [1.807, 2.05) is 0 Å². The summed E-state index contributed by atoms with van der Waals surface area (Å²) in [4.78, 5) is 48.6. The molecular formula is C62H115O11P. The molecule has 0 aromatic rings. The summed E-state index contributed by atoms with van der Waals surface area (Å²) in [5.41, 5.74) is 0. The lowest BCUT2D eigenvalue weighted by Gasteiger charge is -2.21. The fraction of sp³-hybridized carbons (Fsp3) is 0.855. The molecule has 11 nitrogen and oxygen atoms in total. The highest BCUT2D eigenvalue weighted by molar-refractivity contribution is 7.47. The van der Waals surface area contributed by atoms with Crippen molar-refractivity contribution in [1.82, 2.24) is 0 Å². The Hall–Kier alpha value is -2.30. The zero-order valence-electron chi connectivity index (χ0n) is 48.1. The number of rotatable bonds is 58. The molecule has 12 heteroatoms. The Morgan fingerprint density at radius 3 is 1.07 bits per heavy atom. The van der Waals surface area contributed by atoms with Crippen LogP contribution in [0.2, 0.25) is 0 Å². The number of hydrogen-bond donors (Lipinski definition) is 2. The quantitative estimate of drug-likeness (QED) is 0.0197. The van der Waals surface area contributed by atoms with Crippen molar-refractivity contribution in [2.45, 2.75) is 315 Å². The maximum atomic E-state index is 12.9.